The van der Waals surface area contributed by atoms with Crippen LogP contribution in [0.2, 0.25) is 0 Å². The first-order valence-corrected chi connectivity index (χ1v) is 6.13. The fourth-order valence-corrected chi connectivity index (χ4v) is 2.39. The van der Waals surface area contributed by atoms with Crippen molar-refractivity contribution in [2.45, 2.75) is 24.8 Å². The molecule has 1 heterocycles. The van der Waals surface area contributed by atoms with Crippen LogP contribution < -0.4 is 5.32 Å². The van der Waals surface area contributed by atoms with E-state index in [1.807, 2.05) is 0 Å². The molecule has 0 aromatic heterocycles. The summed E-state index contributed by atoms with van der Waals surface area (Å²) < 4.78 is 46.9. The second kappa shape index (κ2) is 3.49. The second-order valence-electron chi connectivity index (χ2n) is 3.56. The Morgan fingerprint density at radius 3 is 2.54 bits per heavy atom. The molecule has 1 rings (SSSR count). The van der Waals surface area contributed by atoms with Crippen LogP contribution in [0.5, 0.6) is 0 Å². The average molecular weight is 213 g/mol. The van der Waals surface area contributed by atoms with Gasteiger partial charge in [0.2, 0.25) is 0 Å². The summed E-state index contributed by atoms with van der Waals surface area (Å²) >= 11 is 0. The van der Waals surface area contributed by atoms with Crippen molar-refractivity contribution in [1.82, 2.24) is 5.32 Å². The van der Waals surface area contributed by atoms with Gasteiger partial charge in [-0.15, -0.1) is 0 Å². The highest BCUT2D eigenvalue weighted by Gasteiger charge is 2.35. The van der Waals surface area contributed by atoms with Crippen LogP contribution >= 0.6 is 0 Å². The third-order valence-electron chi connectivity index (χ3n) is 2.01. The smallest absolute Gasteiger partial charge is 0.260 e. The van der Waals surface area contributed by atoms with E-state index >= 15 is 0 Å². The molecule has 0 spiro atoms. The number of hydrogen-bond acceptors (Lipinski definition) is 3. The lowest BCUT2D eigenvalue weighted by Crippen LogP contribution is -2.48. The van der Waals surface area contributed by atoms with E-state index in [1.54, 1.807) is 0 Å². The van der Waals surface area contributed by atoms with Crippen LogP contribution in [0.4, 0.5) is 8.78 Å². The Labute approximate surface area is 76.4 Å². The van der Waals surface area contributed by atoms with Crippen molar-refractivity contribution in [2.75, 3.05) is 18.6 Å². The summed E-state index contributed by atoms with van der Waals surface area (Å²) in [4.78, 5) is 0. The van der Waals surface area contributed by atoms with Crippen LogP contribution in [0.3, 0.4) is 0 Å². The van der Waals surface area contributed by atoms with E-state index in [1.165, 1.54) is 0 Å². The Morgan fingerprint density at radius 1 is 1.54 bits per heavy atom. The lowest BCUT2D eigenvalue weighted by molar-refractivity contribution is -0.0282. The van der Waals surface area contributed by atoms with Gasteiger partial charge in [0, 0.05) is 18.7 Å². The Hall–Kier alpha value is -0.230. The first-order chi connectivity index (χ1) is 5.79. The maximum absolute atomic E-state index is 12.6. The average Bonchev–Trinajstić information content (AvgIpc) is 1.91. The van der Waals surface area contributed by atoms with Gasteiger partial charge in [-0.1, -0.05) is 0 Å². The van der Waals surface area contributed by atoms with Crippen LogP contribution in [-0.4, -0.2) is 38.9 Å². The lowest BCUT2D eigenvalue weighted by Gasteiger charge is -2.29. The minimum atomic E-state index is -3.07. The first-order valence-electron chi connectivity index (χ1n) is 4.07. The third kappa shape index (κ3) is 3.99. The summed E-state index contributed by atoms with van der Waals surface area (Å²) in [6.45, 7) is -0.410. The van der Waals surface area contributed by atoms with E-state index < -0.39 is 22.3 Å². The molecule has 0 radical (unpaired) electrons. The highest BCUT2D eigenvalue weighted by Crippen LogP contribution is 2.24. The van der Waals surface area contributed by atoms with Crippen molar-refractivity contribution in [1.29, 1.82) is 0 Å². The molecule has 1 aliphatic heterocycles. The van der Waals surface area contributed by atoms with Gasteiger partial charge < -0.3 is 5.32 Å². The molecule has 6 heteroatoms. The van der Waals surface area contributed by atoms with Crippen molar-refractivity contribution >= 4 is 9.84 Å². The number of rotatable bonds is 2. The lowest BCUT2D eigenvalue weighted by atomic mass is 10.0. The standard InChI is InChI=1S/C7H13F2NO2S/c1-13(11,12)4-6-2-3-7(8,9)5-10-6/h6,10H,2-5H2,1H3. The first kappa shape index (κ1) is 10.8. The highest BCUT2D eigenvalue weighted by atomic mass is 32.2. The van der Waals surface area contributed by atoms with E-state index in [4.69, 9.17) is 0 Å². The van der Waals surface area contributed by atoms with E-state index in [-0.39, 0.29) is 24.6 Å². The molecular formula is C7H13F2NO2S. The number of halogens is 2. The quantitative estimate of drug-likeness (QED) is 0.723. The molecule has 1 aliphatic rings. The fourth-order valence-electron chi connectivity index (χ4n) is 1.38. The monoisotopic (exact) mass is 213 g/mol. The van der Waals surface area contributed by atoms with Gasteiger partial charge in [-0.05, 0) is 6.42 Å². The molecule has 0 saturated carbocycles. The van der Waals surface area contributed by atoms with Crippen LogP contribution in [0.1, 0.15) is 12.8 Å². The summed E-state index contributed by atoms with van der Waals surface area (Å²) in [6.07, 6.45) is 1.11. The molecule has 78 valence electrons. The van der Waals surface area contributed by atoms with Crippen LogP contribution in [0.15, 0.2) is 0 Å². The van der Waals surface area contributed by atoms with E-state index in [2.05, 4.69) is 5.32 Å². The molecule has 0 amide bonds. The Morgan fingerprint density at radius 2 is 2.15 bits per heavy atom. The largest absolute Gasteiger partial charge is 0.307 e. The van der Waals surface area contributed by atoms with Crippen molar-refractivity contribution < 1.29 is 17.2 Å². The van der Waals surface area contributed by atoms with Crippen LogP contribution in [0, 0.1) is 0 Å². The van der Waals surface area contributed by atoms with Crippen LogP contribution in [0.25, 0.3) is 0 Å². The predicted molar refractivity (Wildman–Crippen MR) is 45.7 cm³/mol. The van der Waals surface area contributed by atoms with Gasteiger partial charge in [-0.25, -0.2) is 17.2 Å². The van der Waals surface area contributed by atoms with Gasteiger partial charge in [0.25, 0.3) is 5.92 Å². The molecule has 0 aromatic rings. The minimum Gasteiger partial charge on any atom is -0.307 e. The normalized spacial score (nSPS) is 28.7. The molecular weight excluding hydrogens is 200 g/mol. The van der Waals surface area contributed by atoms with Gasteiger partial charge in [-0.3, -0.25) is 0 Å². The van der Waals surface area contributed by atoms with Gasteiger partial charge >= 0.3 is 0 Å². The fraction of sp³-hybridized carbons (Fsp3) is 1.00. The topological polar surface area (TPSA) is 46.2 Å². The van der Waals surface area contributed by atoms with Gasteiger partial charge in [0.15, 0.2) is 0 Å². The number of hydrogen-bond donors (Lipinski definition) is 1. The maximum Gasteiger partial charge on any atom is 0.260 e. The van der Waals surface area contributed by atoms with Gasteiger partial charge in [0.05, 0.1) is 12.3 Å². The SMILES string of the molecule is CS(=O)(=O)CC1CCC(F)(F)CN1. The summed E-state index contributed by atoms with van der Waals surface area (Å²) in [5, 5.41) is 2.54. The molecule has 1 unspecified atom stereocenters. The molecule has 1 saturated heterocycles. The molecule has 13 heavy (non-hydrogen) atoms. The van der Waals surface area contributed by atoms with Gasteiger partial charge in [0.1, 0.15) is 9.84 Å². The Balaban J connectivity index is 2.43. The molecule has 0 bridgehead atoms. The van der Waals surface area contributed by atoms with Gasteiger partial charge in [-0.2, -0.15) is 0 Å². The molecule has 1 atom stereocenters. The van der Waals surface area contributed by atoms with Crippen LogP contribution in [-0.2, 0) is 9.84 Å². The second-order valence-corrected chi connectivity index (χ2v) is 5.75. The van der Waals surface area contributed by atoms with E-state index in [9.17, 15) is 17.2 Å². The zero-order valence-electron chi connectivity index (χ0n) is 7.39. The van der Waals surface area contributed by atoms with E-state index in [0.717, 1.165) is 6.26 Å². The zero-order chi connectivity index (χ0) is 10.1. The number of nitrogens with one attached hydrogen (secondary N) is 1. The molecule has 1 fully saturated rings. The number of sulfone groups is 1. The van der Waals surface area contributed by atoms with Crippen molar-refractivity contribution in [2.24, 2.45) is 0 Å². The Kier molecular flexibility index (Phi) is 2.91. The molecule has 0 aliphatic carbocycles. The summed E-state index contributed by atoms with van der Waals surface area (Å²) in [5.41, 5.74) is 0. The van der Waals surface area contributed by atoms with Crippen molar-refractivity contribution in [3.05, 3.63) is 0 Å². The maximum atomic E-state index is 12.6. The number of alkyl halides is 2. The number of piperidine rings is 1. The third-order valence-corrected chi connectivity index (χ3v) is 3.02. The van der Waals surface area contributed by atoms with E-state index in [0.29, 0.717) is 0 Å². The highest BCUT2D eigenvalue weighted by molar-refractivity contribution is 7.90. The van der Waals surface area contributed by atoms with Crippen molar-refractivity contribution in [3.63, 3.8) is 0 Å². The zero-order valence-corrected chi connectivity index (χ0v) is 8.20. The summed E-state index contributed by atoms with van der Waals surface area (Å²) in [5.74, 6) is -2.73. The minimum absolute atomic E-state index is 0.0525. The molecule has 3 nitrogen and oxygen atoms in total. The summed E-state index contributed by atoms with van der Waals surface area (Å²) in [6, 6.07) is -0.311. The molecule has 0 aromatic carbocycles. The summed E-state index contributed by atoms with van der Waals surface area (Å²) in [7, 11) is -3.07. The predicted octanol–water partition coefficient (Wildman–Crippen LogP) is 0.418. The van der Waals surface area contributed by atoms with Crippen molar-refractivity contribution in [3.8, 4) is 0 Å². The molecule has 1 N–H and O–H groups in total. The Bertz CT molecular complexity index is 266.